The van der Waals surface area contributed by atoms with Gasteiger partial charge < -0.3 is 19.7 Å². The van der Waals surface area contributed by atoms with E-state index in [1.54, 1.807) is 18.6 Å². The van der Waals surface area contributed by atoms with Crippen LogP contribution in [0.5, 0.6) is 11.6 Å². The van der Waals surface area contributed by atoms with Crippen LogP contribution < -0.4 is 19.7 Å². The molecule has 2 aromatic rings. The fourth-order valence-electron chi connectivity index (χ4n) is 2.37. The Morgan fingerprint density at radius 3 is 2.78 bits per heavy atom. The topological polar surface area (TPSA) is 72.4 Å². The molecule has 2 aromatic heterocycles. The van der Waals surface area contributed by atoms with Crippen LogP contribution in [-0.4, -0.2) is 54.3 Å². The van der Waals surface area contributed by atoms with Crippen molar-refractivity contribution >= 4 is 5.82 Å². The normalized spacial score (nSPS) is 14.6. The summed E-state index contributed by atoms with van der Waals surface area (Å²) in [5.74, 6) is 2.11. The van der Waals surface area contributed by atoms with E-state index in [-0.39, 0.29) is 0 Å². The highest BCUT2D eigenvalue weighted by atomic mass is 16.5. The van der Waals surface area contributed by atoms with Crippen LogP contribution in [0, 0.1) is 6.92 Å². The summed E-state index contributed by atoms with van der Waals surface area (Å²) in [6.07, 6.45) is 5.17. The van der Waals surface area contributed by atoms with Crippen molar-refractivity contribution in [2.45, 2.75) is 6.92 Å². The van der Waals surface area contributed by atoms with Crippen molar-refractivity contribution < 1.29 is 9.47 Å². The highest BCUT2D eigenvalue weighted by Gasteiger charge is 2.18. The van der Waals surface area contributed by atoms with Crippen LogP contribution in [0.3, 0.4) is 0 Å². The van der Waals surface area contributed by atoms with Gasteiger partial charge in [-0.2, -0.15) is 0 Å². The number of pyridine rings is 1. The highest BCUT2D eigenvalue weighted by molar-refractivity contribution is 5.48. The quantitative estimate of drug-likeness (QED) is 0.799. The first kappa shape index (κ1) is 15.5. The number of nitrogens with one attached hydrogen (secondary N) is 1. The lowest BCUT2D eigenvalue weighted by atomic mass is 10.3. The maximum absolute atomic E-state index is 5.81. The van der Waals surface area contributed by atoms with E-state index in [0.29, 0.717) is 19.1 Å². The van der Waals surface area contributed by atoms with Crippen molar-refractivity contribution in [1.29, 1.82) is 0 Å². The first-order valence-electron chi connectivity index (χ1n) is 7.78. The Balaban J connectivity index is 1.59. The second-order valence-electron chi connectivity index (χ2n) is 5.26. The molecule has 1 aliphatic rings. The van der Waals surface area contributed by atoms with E-state index in [2.05, 4.69) is 25.2 Å². The van der Waals surface area contributed by atoms with E-state index in [1.165, 1.54) is 0 Å². The number of hydrogen-bond donors (Lipinski definition) is 1. The number of ether oxygens (including phenoxy) is 2. The maximum Gasteiger partial charge on any atom is 0.258 e. The lowest BCUT2D eigenvalue weighted by Gasteiger charge is -2.29. The molecule has 0 saturated carbocycles. The zero-order chi connectivity index (χ0) is 15.9. The van der Waals surface area contributed by atoms with E-state index in [4.69, 9.17) is 9.47 Å². The van der Waals surface area contributed by atoms with Gasteiger partial charge in [0, 0.05) is 32.4 Å². The third kappa shape index (κ3) is 4.29. The molecule has 1 fully saturated rings. The monoisotopic (exact) mass is 315 g/mol. The molecule has 1 N–H and O–H groups in total. The molecule has 0 aliphatic carbocycles. The Kier molecular flexibility index (Phi) is 5.21. The maximum atomic E-state index is 5.81. The molecular weight excluding hydrogens is 294 g/mol. The number of piperazine rings is 1. The van der Waals surface area contributed by atoms with Crippen LogP contribution in [0.4, 0.5) is 5.82 Å². The summed E-state index contributed by atoms with van der Waals surface area (Å²) < 4.78 is 11.4. The fourth-order valence-corrected chi connectivity index (χ4v) is 2.37. The van der Waals surface area contributed by atoms with E-state index in [9.17, 15) is 0 Å². The van der Waals surface area contributed by atoms with Crippen LogP contribution in [0.2, 0.25) is 0 Å². The van der Waals surface area contributed by atoms with Crippen LogP contribution in [0.15, 0.2) is 30.7 Å². The predicted molar refractivity (Wildman–Crippen MR) is 87.1 cm³/mol. The summed E-state index contributed by atoms with van der Waals surface area (Å²) in [4.78, 5) is 15.2. The second-order valence-corrected chi connectivity index (χ2v) is 5.26. The first-order valence-corrected chi connectivity index (χ1v) is 7.78. The van der Waals surface area contributed by atoms with Gasteiger partial charge in [0.05, 0.1) is 18.1 Å². The SMILES string of the molecule is Cc1cnc(N2CCNCC2)c(OCCOc2cccnc2)n1. The number of aryl methyl sites for hydroxylation is 1. The third-order valence-electron chi connectivity index (χ3n) is 3.48. The molecule has 0 bridgehead atoms. The zero-order valence-electron chi connectivity index (χ0n) is 13.2. The van der Waals surface area contributed by atoms with Gasteiger partial charge in [0.2, 0.25) is 0 Å². The Bertz CT molecular complexity index is 617. The van der Waals surface area contributed by atoms with Gasteiger partial charge in [0.15, 0.2) is 5.82 Å². The van der Waals surface area contributed by atoms with Crippen molar-refractivity contribution in [3.8, 4) is 11.6 Å². The van der Waals surface area contributed by atoms with Crippen molar-refractivity contribution in [1.82, 2.24) is 20.3 Å². The van der Waals surface area contributed by atoms with Gasteiger partial charge in [0.25, 0.3) is 5.88 Å². The summed E-state index contributed by atoms with van der Waals surface area (Å²) in [5.41, 5.74) is 0.840. The molecule has 7 nitrogen and oxygen atoms in total. The summed E-state index contributed by atoms with van der Waals surface area (Å²) >= 11 is 0. The minimum atomic E-state index is 0.409. The van der Waals surface area contributed by atoms with Crippen LogP contribution in [-0.2, 0) is 0 Å². The standard InChI is InChI=1S/C16H21N5O2/c1-13-11-19-15(21-7-5-17-6-8-21)16(20-13)23-10-9-22-14-3-2-4-18-12-14/h2-4,11-12,17H,5-10H2,1H3. The van der Waals surface area contributed by atoms with E-state index < -0.39 is 0 Å². The van der Waals surface area contributed by atoms with Gasteiger partial charge in [0.1, 0.15) is 19.0 Å². The second kappa shape index (κ2) is 7.73. The van der Waals surface area contributed by atoms with E-state index in [0.717, 1.165) is 43.4 Å². The lowest BCUT2D eigenvalue weighted by Crippen LogP contribution is -2.44. The Hall–Kier alpha value is -2.41. The number of aromatic nitrogens is 3. The molecule has 122 valence electrons. The van der Waals surface area contributed by atoms with Crippen molar-refractivity contribution in [2.24, 2.45) is 0 Å². The molecule has 0 atom stereocenters. The summed E-state index contributed by atoms with van der Waals surface area (Å²) in [7, 11) is 0. The molecule has 3 heterocycles. The van der Waals surface area contributed by atoms with E-state index in [1.807, 2.05) is 19.1 Å². The molecule has 0 unspecified atom stereocenters. The Morgan fingerprint density at radius 1 is 1.17 bits per heavy atom. The number of hydrogen-bond acceptors (Lipinski definition) is 7. The Labute approximate surface area is 135 Å². The van der Waals surface area contributed by atoms with Gasteiger partial charge >= 0.3 is 0 Å². The van der Waals surface area contributed by atoms with Crippen LogP contribution >= 0.6 is 0 Å². The lowest BCUT2D eigenvalue weighted by molar-refractivity contribution is 0.211. The average molecular weight is 315 g/mol. The van der Waals surface area contributed by atoms with Crippen LogP contribution in [0.25, 0.3) is 0 Å². The molecule has 23 heavy (non-hydrogen) atoms. The number of anilines is 1. The number of rotatable bonds is 6. The molecule has 1 aliphatic heterocycles. The van der Waals surface area contributed by atoms with Gasteiger partial charge in [-0.15, -0.1) is 0 Å². The van der Waals surface area contributed by atoms with Gasteiger partial charge in [-0.05, 0) is 19.1 Å². The van der Waals surface area contributed by atoms with E-state index >= 15 is 0 Å². The first-order chi connectivity index (χ1) is 11.3. The summed E-state index contributed by atoms with van der Waals surface area (Å²) in [5, 5.41) is 3.33. The van der Waals surface area contributed by atoms with Crippen molar-refractivity contribution in [3.63, 3.8) is 0 Å². The van der Waals surface area contributed by atoms with Gasteiger partial charge in [-0.1, -0.05) is 0 Å². The Morgan fingerprint density at radius 2 is 2.00 bits per heavy atom. The minimum Gasteiger partial charge on any atom is -0.488 e. The number of nitrogens with zero attached hydrogens (tertiary/aromatic N) is 4. The smallest absolute Gasteiger partial charge is 0.258 e. The van der Waals surface area contributed by atoms with Crippen LogP contribution in [0.1, 0.15) is 5.69 Å². The molecule has 1 saturated heterocycles. The molecule has 3 rings (SSSR count). The molecule has 0 radical (unpaired) electrons. The fraction of sp³-hybridized carbons (Fsp3) is 0.438. The van der Waals surface area contributed by atoms with Gasteiger partial charge in [-0.3, -0.25) is 4.98 Å². The summed E-state index contributed by atoms with van der Waals surface area (Å²) in [6, 6.07) is 3.70. The molecular formula is C16H21N5O2. The van der Waals surface area contributed by atoms with Gasteiger partial charge in [-0.25, -0.2) is 9.97 Å². The summed E-state index contributed by atoms with van der Waals surface area (Å²) in [6.45, 7) is 6.45. The molecule has 7 heteroatoms. The van der Waals surface area contributed by atoms with Crippen molar-refractivity contribution in [2.75, 3.05) is 44.3 Å². The minimum absolute atomic E-state index is 0.409. The molecule has 0 amide bonds. The van der Waals surface area contributed by atoms with Crippen molar-refractivity contribution in [3.05, 3.63) is 36.4 Å². The largest absolute Gasteiger partial charge is 0.488 e. The third-order valence-corrected chi connectivity index (χ3v) is 3.48. The highest BCUT2D eigenvalue weighted by Crippen LogP contribution is 2.23. The zero-order valence-corrected chi connectivity index (χ0v) is 13.2. The molecule has 0 aromatic carbocycles. The predicted octanol–water partition coefficient (Wildman–Crippen LogP) is 1.05. The molecule has 0 spiro atoms. The average Bonchev–Trinajstić information content (AvgIpc) is 2.60.